The molecule has 0 amide bonds. The van der Waals surface area contributed by atoms with Crippen molar-refractivity contribution in [3.05, 3.63) is 102 Å². The van der Waals surface area contributed by atoms with Crippen LogP contribution in [0, 0.1) is 0 Å². The Hall–Kier alpha value is -4.44. The lowest BCUT2D eigenvalue weighted by Crippen LogP contribution is -1.81. The molecule has 32 heavy (non-hydrogen) atoms. The highest BCUT2D eigenvalue weighted by molar-refractivity contribution is 5.91. The van der Waals surface area contributed by atoms with Crippen LogP contribution in [0.1, 0.15) is 28.3 Å². The molecule has 0 saturated heterocycles. The van der Waals surface area contributed by atoms with Gasteiger partial charge in [-0.1, -0.05) is 36.9 Å². The first-order valence-corrected chi connectivity index (χ1v) is 10.5. The molecule has 6 rings (SSSR count). The van der Waals surface area contributed by atoms with Crippen LogP contribution in [0.5, 0.6) is 0 Å². The molecule has 2 aliphatic heterocycles. The van der Waals surface area contributed by atoms with Crippen LogP contribution in [-0.4, -0.2) is 19.9 Å². The van der Waals surface area contributed by atoms with Gasteiger partial charge in [0.05, 0.1) is 22.8 Å². The van der Waals surface area contributed by atoms with Gasteiger partial charge in [-0.2, -0.15) is 0 Å². The van der Waals surface area contributed by atoms with E-state index in [1.165, 1.54) is 0 Å². The summed E-state index contributed by atoms with van der Waals surface area (Å²) in [6, 6.07) is 22.9. The van der Waals surface area contributed by atoms with Crippen LogP contribution in [0.2, 0.25) is 0 Å². The molecule has 2 aliphatic rings. The van der Waals surface area contributed by atoms with Gasteiger partial charge in [-0.15, -0.1) is 0 Å². The summed E-state index contributed by atoms with van der Waals surface area (Å²) in [5.41, 5.74) is 11.0. The first-order valence-electron chi connectivity index (χ1n) is 10.5. The smallest absolute Gasteiger partial charge is 0.0659 e. The first kappa shape index (κ1) is 18.3. The molecular weight excluding hydrogens is 392 g/mol. The van der Waals surface area contributed by atoms with Gasteiger partial charge in [-0.05, 0) is 77.9 Å². The van der Waals surface area contributed by atoms with Crippen molar-refractivity contribution in [2.45, 2.75) is 0 Å². The van der Waals surface area contributed by atoms with Gasteiger partial charge in [0, 0.05) is 27.6 Å². The van der Waals surface area contributed by atoms with E-state index in [0.29, 0.717) is 0 Å². The molecule has 4 heteroatoms. The summed E-state index contributed by atoms with van der Waals surface area (Å²) in [5, 5.41) is 0. The largest absolute Gasteiger partial charge is 0.355 e. The van der Waals surface area contributed by atoms with Crippen molar-refractivity contribution in [3.8, 4) is 11.1 Å². The zero-order valence-electron chi connectivity index (χ0n) is 17.3. The predicted octanol–water partition coefficient (Wildman–Crippen LogP) is 6.97. The van der Waals surface area contributed by atoms with Gasteiger partial charge in [0.25, 0.3) is 0 Å². The van der Waals surface area contributed by atoms with Gasteiger partial charge in [0.15, 0.2) is 0 Å². The third-order valence-electron chi connectivity index (χ3n) is 5.64. The number of rotatable bonds is 2. The minimum absolute atomic E-state index is 0.890. The summed E-state index contributed by atoms with van der Waals surface area (Å²) in [6.45, 7) is 3.99. The maximum absolute atomic E-state index is 4.78. The maximum atomic E-state index is 4.78. The number of benzene rings is 1. The summed E-state index contributed by atoms with van der Waals surface area (Å²) in [5.74, 6) is 0. The summed E-state index contributed by atoms with van der Waals surface area (Å²) in [6.07, 6.45) is 9.98. The second-order valence-corrected chi connectivity index (χ2v) is 7.88. The fourth-order valence-corrected chi connectivity index (χ4v) is 4.16. The molecule has 2 N–H and O–H groups in total. The lowest BCUT2D eigenvalue weighted by molar-refractivity contribution is 1.28. The molecule has 0 radical (unpaired) electrons. The zero-order chi connectivity index (χ0) is 21.5. The average Bonchev–Trinajstić information content (AvgIpc) is 3.59. The Labute approximate surface area is 185 Å². The molecule has 152 valence electrons. The molecule has 0 aliphatic carbocycles. The van der Waals surface area contributed by atoms with Crippen molar-refractivity contribution >= 4 is 52.4 Å². The lowest BCUT2D eigenvalue weighted by atomic mass is 10.0. The fourth-order valence-electron chi connectivity index (χ4n) is 4.16. The van der Waals surface area contributed by atoms with Crippen LogP contribution < -0.4 is 0 Å². The molecule has 4 aromatic rings. The van der Waals surface area contributed by atoms with E-state index in [2.05, 4.69) is 70.1 Å². The summed E-state index contributed by atoms with van der Waals surface area (Å²) >= 11 is 0. The zero-order valence-corrected chi connectivity index (χ0v) is 17.3. The molecule has 0 spiro atoms. The SMILES string of the molecule is C=Cc1ccccc1-c1cc2cc3ccc(cc4nc(cc5nc(cc1[nH]2)C=C5)C=C4)[nH]3. The number of aromatic amines is 2. The Morgan fingerprint density at radius 3 is 2.00 bits per heavy atom. The first-order chi connectivity index (χ1) is 15.7. The van der Waals surface area contributed by atoms with E-state index < -0.39 is 0 Å². The molecule has 0 fully saturated rings. The summed E-state index contributed by atoms with van der Waals surface area (Å²) in [7, 11) is 0. The van der Waals surface area contributed by atoms with E-state index in [1.807, 2.05) is 48.6 Å². The number of H-pyrrole nitrogens is 2. The van der Waals surface area contributed by atoms with Crippen molar-refractivity contribution < 1.29 is 0 Å². The Morgan fingerprint density at radius 1 is 0.594 bits per heavy atom. The van der Waals surface area contributed by atoms with E-state index in [4.69, 9.17) is 4.98 Å². The van der Waals surface area contributed by atoms with Crippen LogP contribution in [0.4, 0.5) is 0 Å². The molecule has 5 heterocycles. The number of aromatic nitrogens is 4. The standard InChI is InChI=1S/C28H20N4/c1-2-18-5-3-4-6-26(18)27-16-25-15-23-10-9-21(30-23)13-19-7-8-20(29-19)14-22-11-12-24(31-22)17-28(27)32-25/h2-17,30,32H,1H2. The minimum atomic E-state index is 0.890. The number of nitrogens with zero attached hydrogens (tertiary/aromatic N) is 2. The summed E-state index contributed by atoms with van der Waals surface area (Å²) in [4.78, 5) is 16.5. The van der Waals surface area contributed by atoms with Gasteiger partial charge in [0.2, 0.25) is 0 Å². The molecule has 4 nitrogen and oxygen atoms in total. The Bertz CT molecular complexity index is 1590. The molecule has 0 atom stereocenters. The maximum Gasteiger partial charge on any atom is 0.0659 e. The lowest BCUT2D eigenvalue weighted by Gasteiger charge is -2.04. The van der Waals surface area contributed by atoms with E-state index in [1.54, 1.807) is 0 Å². The highest BCUT2D eigenvalue weighted by atomic mass is 14.8. The van der Waals surface area contributed by atoms with Gasteiger partial charge in [-0.3, -0.25) is 0 Å². The molecule has 1 aromatic carbocycles. The van der Waals surface area contributed by atoms with Crippen molar-refractivity contribution in [1.82, 2.24) is 19.9 Å². The van der Waals surface area contributed by atoms with E-state index in [-0.39, 0.29) is 0 Å². The molecule has 0 saturated carbocycles. The Morgan fingerprint density at radius 2 is 1.25 bits per heavy atom. The third-order valence-corrected chi connectivity index (χ3v) is 5.64. The average molecular weight is 412 g/mol. The monoisotopic (exact) mass is 412 g/mol. The highest BCUT2D eigenvalue weighted by Crippen LogP contribution is 2.30. The van der Waals surface area contributed by atoms with E-state index in [9.17, 15) is 0 Å². The van der Waals surface area contributed by atoms with Crippen molar-refractivity contribution in [1.29, 1.82) is 0 Å². The van der Waals surface area contributed by atoms with Crippen LogP contribution >= 0.6 is 0 Å². The second-order valence-electron chi connectivity index (χ2n) is 7.88. The van der Waals surface area contributed by atoms with Gasteiger partial charge >= 0.3 is 0 Å². The second kappa shape index (κ2) is 7.36. The molecule has 3 aromatic heterocycles. The van der Waals surface area contributed by atoms with Crippen LogP contribution in [-0.2, 0) is 0 Å². The molecule has 8 bridgehead atoms. The third kappa shape index (κ3) is 3.38. The number of nitrogens with one attached hydrogen (secondary N) is 2. The van der Waals surface area contributed by atoms with Crippen LogP contribution in [0.25, 0.3) is 63.6 Å². The normalized spacial score (nSPS) is 12.2. The number of hydrogen-bond acceptors (Lipinski definition) is 2. The van der Waals surface area contributed by atoms with Gasteiger partial charge in [-0.25, -0.2) is 9.97 Å². The Balaban J connectivity index is 1.69. The summed E-state index contributed by atoms with van der Waals surface area (Å²) < 4.78 is 0. The minimum Gasteiger partial charge on any atom is -0.355 e. The highest BCUT2D eigenvalue weighted by Gasteiger charge is 2.09. The topological polar surface area (TPSA) is 57.4 Å². The van der Waals surface area contributed by atoms with Crippen molar-refractivity contribution in [2.24, 2.45) is 0 Å². The fraction of sp³-hybridized carbons (Fsp3) is 0. The quantitative estimate of drug-likeness (QED) is 0.323. The molecular formula is C28H20N4. The van der Waals surface area contributed by atoms with Crippen LogP contribution in [0.3, 0.4) is 0 Å². The van der Waals surface area contributed by atoms with E-state index >= 15 is 0 Å². The molecule has 0 unspecified atom stereocenters. The Kier molecular flexibility index (Phi) is 4.22. The van der Waals surface area contributed by atoms with Crippen LogP contribution in [0.15, 0.2) is 73.3 Å². The van der Waals surface area contributed by atoms with E-state index in [0.717, 1.165) is 61.5 Å². The number of hydrogen-bond donors (Lipinski definition) is 2. The van der Waals surface area contributed by atoms with Gasteiger partial charge in [0.1, 0.15) is 0 Å². The van der Waals surface area contributed by atoms with Crippen molar-refractivity contribution in [3.63, 3.8) is 0 Å². The number of fused-ring (bicyclic) bond motifs is 8. The van der Waals surface area contributed by atoms with Crippen molar-refractivity contribution in [2.75, 3.05) is 0 Å². The van der Waals surface area contributed by atoms with Gasteiger partial charge < -0.3 is 9.97 Å². The predicted molar refractivity (Wildman–Crippen MR) is 134 cm³/mol.